The van der Waals surface area contributed by atoms with Gasteiger partial charge >= 0.3 is 0 Å². The molecule has 1 atom stereocenters. The molecule has 1 rings (SSSR count). The fourth-order valence-electron chi connectivity index (χ4n) is 1.68. The van der Waals surface area contributed by atoms with Crippen molar-refractivity contribution in [2.45, 2.75) is 6.10 Å². The fraction of sp³-hybridized carbons (Fsp3) is 0.500. The molecule has 0 aliphatic heterocycles. The quantitative estimate of drug-likeness (QED) is 0.652. The molecule has 6 heteroatoms. The highest BCUT2D eigenvalue weighted by molar-refractivity contribution is 7.80. The van der Waals surface area contributed by atoms with Gasteiger partial charge in [0, 0.05) is 25.8 Å². The van der Waals surface area contributed by atoms with Gasteiger partial charge in [-0.1, -0.05) is 24.4 Å². The van der Waals surface area contributed by atoms with Gasteiger partial charge in [0.1, 0.15) is 23.4 Å². The molecular weight excluding hydrogens is 276 g/mol. The number of ether oxygens (including phenoxy) is 2. The molecule has 0 saturated heterocycles. The number of nitrogens with zero attached hydrogens (tertiary/aromatic N) is 1. The van der Waals surface area contributed by atoms with Gasteiger partial charge in [-0.05, 0) is 19.2 Å². The van der Waals surface area contributed by atoms with E-state index < -0.39 is 6.10 Å². The normalized spacial score (nSPS) is 12.4. The molecule has 0 heterocycles. The average Bonchev–Trinajstić information content (AvgIpc) is 2.43. The molecule has 20 heavy (non-hydrogen) atoms. The number of aliphatic hydroxyl groups is 1. The van der Waals surface area contributed by atoms with Crippen molar-refractivity contribution < 1.29 is 14.6 Å². The van der Waals surface area contributed by atoms with Crippen LogP contribution < -0.4 is 10.5 Å². The largest absolute Gasteiger partial charge is 0.491 e. The van der Waals surface area contributed by atoms with Crippen molar-refractivity contribution in [3.8, 4) is 5.75 Å². The molecule has 1 aromatic rings. The summed E-state index contributed by atoms with van der Waals surface area (Å²) < 4.78 is 10.5. The summed E-state index contributed by atoms with van der Waals surface area (Å²) in [5.41, 5.74) is 6.31. The van der Waals surface area contributed by atoms with Crippen LogP contribution in [0.25, 0.3) is 0 Å². The Balaban J connectivity index is 2.38. The Morgan fingerprint density at radius 1 is 1.50 bits per heavy atom. The number of nitrogens with two attached hydrogens (primary N) is 1. The van der Waals surface area contributed by atoms with Gasteiger partial charge in [-0.25, -0.2) is 0 Å². The van der Waals surface area contributed by atoms with Crippen LogP contribution in [0.1, 0.15) is 5.56 Å². The maximum Gasteiger partial charge on any atom is 0.120 e. The monoisotopic (exact) mass is 298 g/mol. The minimum atomic E-state index is -0.564. The maximum absolute atomic E-state index is 9.90. The lowest BCUT2D eigenvalue weighted by Crippen LogP contribution is -2.34. The molecule has 5 nitrogen and oxygen atoms in total. The highest BCUT2D eigenvalue weighted by Crippen LogP contribution is 2.13. The molecule has 0 amide bonds. The summed E-state index contributed by atoms with van der Waals surface area (Å²) in [5, 5.41) is 9.90. The number of methoxy groups -OCH3 is 1. The third-order valence-corrected chi connectivity index (χ3v) is 3.00. The lowest BCUT2D eigenvalue weighted by atomic mass is 10.2. The first kappa shape index (κ1) is 16.8. The molecule has 0 fully saturated rings. The Bertz CT molecular complexity index is 429. The van der Waals surface area contributed by atoms with Crippen LogP contribution in [0.3, 0.4) is 0 Å². The molecule has 112 valence electrons. The van der Waals surface area contributed by atoms with Crippen LogP contribution in [0.5, 0.6) is 5.75 Å². The smallest absolute Gasteiger partial charge is 0.120 e. The molecular formula is C14H22N2O3S. The predicted octanol–water partition coefficient (Wildman–Crippen LogP) is 0.639. The van der Waals surface area contributed by atoms with E-state index in [1.807, 2.05) is 30.1 Å². The second-order valence-corrected chi connectivity index (χ2v) is 5.05. The lowest BCUT2D eigenvalue weighted by Gasteiger charge is -2.20. The molecule has 3 N–H and O–H groups in total. The summed E-state index contributed by atoms with van der Waals surface area (Å²) in [5.74, 6) is 0.647. The van der Waals surface area contributed by atoms with Crippen molar-refractivity contribution in [2.24, 2.45) is 5.73 Å². The zero-order chi connectivity index (χ0) is 15.0. The van der Waals surface area contributed by atoms with Crippen molar-refractivity contribution >= 4 is 17.2 Å². The molecule has 0 spiro atoms. The molecule has 1 aromatic carbocycles. The lowest BCUT2D eigenvalue weighted by molar-refractivity contribution is 0.0668. The number of aliphatic hydroxyl groups excluding tert-OH is 1. The zero-order valence-electron chi connectivity index (χ0n) is 11.9. The summed E-state index contributed by atoms with van der Waals surface area (Å²) >= 11 is 4.91. The molecule has 0 aliphatic carbocycles. The van der Waals surface area contributed by atoms with E-state index in [0.717, 1.165) is 12.1 Å². The molecule has 0 bridgehead atoms. The van der Waals surface area contributed by atoms with Crippen LogP contribution in [0.15, 0.2) is 24.3 Å². The highest BCUT2D eigenvalue weighted by Gasteiger charge is 2.09. The minimum absolute atomic E-state index is 0.220. The first-order valence-corrected chi connectivity index (χ1v) is 6.82. The Labute approximate surface area is 125 Å². The Morgan fingerprint density at radius 2 is 2.25 bits per heavy atom. The number of rotatable bonds is 9. The zero-order valence-corrected chi connectivity index (χ0v) is 12.7. The van der Waals surface area contributed by atoms with Gasteiger partial charge < -0.3 is 25.2 Å². The molecule has 0 saturated carbocycles. The van der Waals surface area contributed by atoms with E-state index in [1.165, 1.54) is 0 Å². The second-order valence-electron chi connectivity index (χ2n) is 4.61. The third kappa shape index (κ3) is 6.29. The summed E-state index contributed by atoms with van der Waals surface area (Å²) in [7, 11) is 3.58. The summed E-state index contributed by atoms with van der Waals surface area (Å²) in [6.45, 7) is 2.15. The molecule has 1 unspecified atom stereocenters. The standard InChI is InChI=1S/C14H22N2O3S/c1-16(6-7-18-2)9-12(17)10-19-13-5-3-4-11(8-13)14(15)20/h3-5,8,12,17H,6-7,9-10H2,1-2H3,(H2,15,20). The number of likely N-dealkylation sites (N-methyl/N-ethyl adjacent to an activating group) is 1. The van der Waals surface area contributed by atoms with Crippen LogP contribution in [-0.2, 0) is 4.74 Å². The Morgan fingerprint density at radius 3 is 2.90 bits per heavy atom. The van der Waals surface area contributed by atoms with Crippen LogP contribution in [0, 0.1) is 0 Å². The predicted molar refractivity (Wildman–Crippen MR) is 83.2 cm³/mol. The number of benzene rings is 1. The van der Waals surface area contributed by atoms with Crippen molar-refractivity contribution in [3.05, 3.63) is 29.8 Å². The Kier molecular flexibility index (Phi) is 7.46. The van der Waals surface area contributed by atoms with Crippen molar-refractivity contribution in [3.63, 3.8) is 0 Å². The van der Waals surface area contributed by atoms with Gasteiger partial charge in [0.2, 0.25) is 0 Å². The second kappa shape index (κ2) is 8.86. The van der Waals surface area contributed by atoms with E-state index in [4.69, 9.17) is 27.4 Å². The van der Waals surface area contributed by atoms with E-state index in [1.54, 1.807) is 13.2 Å². The summed E-state index contributed by atoms with van der Waals surface area (Å²) in [4.78, 5) is 2.32. The molecule has 0 aromatic heterocycles. The van der Waals surface area contributed by atoms with Gasteiger partial charge in [-0.3, -0.25) is 0 Å². The molecule has 0 aliphatic rings. The van der Waals surface area contributed by atoms with Crippen molar-refractivity contribution in [1.29, 1.82) is 0 Å². The maximum atomic E-state index is 9.90. The van der Waals surface area contributed by atoms with Gasteiger partial charge in [-0.15, -0.1) is 0 Å². The average molecular weight is 298 g/mol. The van der Waals surface area contributed by atoms with E-state index in [9.17, 15) is 5.11 Å². The topological polar surface area (TPSA) is 68.0 Å². The number of hydrogen-bond acceptors (Lipinski definition) is 5. The minimum Gasteiger partial charge on any atom is -0.491 e. The highest BCUT2D eigenvalue weighted by atomic mass is 32.1. The fourth-order valence-corrected chi connectivity index (χ4v) is 1.81. The summed E-state index contributed by atoms with van der Waals surface area (Å²) in [6.07, 6.45) is -0.564. The van der Waals surface area contributed by atoms with Crippen molar-refractivity contribution in [2.75, 3.05) is 40.5 Å². The number of thiocarbonyl (C=S) groups is 1. The summed E-state index contributed by atoms with van der Waals surface area (Å²) in [6, 6.07) is 7.22. The van der Waals surface area contributed by atoms with Gasteiger partial charge in [0.15, 0.2) is 0 Å². The van der Waals surface area contributed by atoms with E-state index in [-0.39, 0.29) is 6.61 Å². The first-order chi connectivity index (χ1) is 9.52. The van der Waals surface area contributed by atoms with Crippen LogP contribution in [-0.4, -0.2) is 61.6 Å². The van der Waals surface area contributed by atoms with E-state index >= 15 is 0 Å². The number of hydrogen-bond donors (Lipinski definition) is 2. The SMILES string of the molecule is COCCN(C)CC(O)COc1cccc(C(N)=S)c1. The van der Waals surface area contributed by atoms with Crippen LogP contribution in [0.2, 0.25) is 0 Å². The van der Waals surface area contributed by atoms with Crippen LogP contribution in [0.4, 0.5) is 0 Å². The van der Waals surface area contributed by atoms with Gasteiger partial charge in [0.25, 0.3) is 0 Å². The van der Waals surface area contributed by atoms with Gasteiger partial charge in [-0.2, -0.15) is 0 Å². The van der Waals surface area contributed by atoms with E-state index in [2.05, 4.69) is 0 Å². The van der Waals surface area contributed by atoms with E-state index in [0.29, 0.717) is 23.9 Å². The molecule has 0 radical (unpaired) electrons. The first-order valence-electron chi connectivity index (χ1n) is 6.41. The Hall–Kier alpha value is -1.21. The van der Waals surface area contributed by atoms with Crippen LogP contribution >= 0.6 is 12.2 Å². The van der Waals surface area contributed by atoms with Crippen molar-refractivity contribution in [1.82, 2.24) is 4.90 Å². The van der Waals surface area contributed by atoms with Gasteiger partial charge in [0.05, 0.1) is 6.61 Å². The third-order valence-electron chi connectivity index (χ3n) is 2.76.